The van der Waals surface area contributed by atoms with Crippen LogP contribution >= 0.6 is 0 Å². The summed E-state index contributed by atoms with van der Waals surface area (Å²) < 4.78 is 0. The number of rotatable bonds is 0. The van der Waals surface area contributed by atoms with E-state index < -0.39 is 0 Å². The maximum atomic E-state index is 8.24. The Hall–Kier alpha value is -1.30. The molecule has 40 valence electrons. The van der Waals surface area contributed by atoms with Crippen LogP contribution in [0.4, 0.5) is 0 Å². The topological polar surface area (TPSA) is 48.2 Å². The SMILES string of the molecule is N#CC1=CN=CCN1. The summed E-state index contributed by atoms with van der Waals surface area (Å²) in [6.45, 7) is 0.666. The summed E-state index contributed by atoms with van der Waals surface area (Å²) in [7, 11) is 0. The Morgan fingerprint density at radius 2 is 2.75 bits per heavy atom. The first-order valence-corrected chi connectivity index (χ1v) is 2.29. The van der Waals surface area contributed by atoms with Crippen molar-refractivity contribution in [3.05, 3.63) is 11.9 Å². The molecule has 8 heavy (non-hydrogen) atoms. The van der Waals surface area contributed by atoms with Gasteiger partial charge in [-0.05, 0) is 0 Å². The first-order valence-electron chi connectivity index (χ1n) is 2.29. The van der Waals surface area contributed by atoms with Crippen molar-refractivity contribution in [2.45, 2.75) is 0 Å². The van der Waals surface area contributed by atoms with Crippen molar-refractivity contribution < 1.29 is 0 Å². The quantitative estimate of drug-likeness (QED) is 0.474. The molecule has 0 aliphatic carbocycles. The smallest absolute Gasteiger partial charge is 0.132 e. The normalized spacial score (nSPS) is 16.1. The molecule has 1 rings (SSSR count). The van der Waals surface area contributed by atoms with Crippen molar-refractivity contribution in [1.82, 2.24) is 5.32 Å². The fraction of sp³-hybridized carbons (Fsp3) is 0.200. The molecule has 0 saturated heterocycles. The molecule has 1 aliphatic heterocycles. The molecule has 1 aliphatic rings. The fourth-order valence-electron chi connectivity index (χ4n) is 0.450. The average molecular weight is 107 g/mol. The number of nitrogens with zero attached hydrogens (tertiary/aromatic N) is 2. The predicted octanol–water partition coefficient (Wildman–Crippen LogP) is 0.0254. The lowest BCUT2D eigenvalue weighted by Gasteiger charge is -2.00. The second-order valence-corrected chi connectivity index (χ2v) is 1.37. The van der Waals surface area contributed by atoms with Crippen molar-refractivity contribution in [2.75, 3.05) is 6.54 Å². The molecule has 0 atom stereocenters. The fourth-order valence-corrected chi connectivity index (χ4v) is 0.450. The zero-order chi connectivity index (χ0) is 5.82. The summed E-state index contributed by atoms with van der Waals surface area (Å²) >= 11 is 0. The molecule has 3 nitrogen and oxygen atoms in total. The summed E-state index contributed by atoms with van der Waals surface area (Å²) in [6.07, 6.45) is 3.21. The highest BCUT2D eigenvalue weighted by molar-refractivity contribution is 5.62. The van der Waals surface area contributed by atoms with E-state index >= 15 is 0 Å². The van der Waals surface area contributed by atoms with E-state index in [1.54, 1.807) is 6.21 Å². The zero-order valence-corrected chi connectivity index (χ0v) is 4.26. The van der Waals surface area contributed by atoms with Gasteiger partial charge < -0.3 is 5.32 Å². The lowest BCUT2D eigenvalue weighted by atomic mass is 10.4. The van der Waals surface area contributed by atoms with Crippen molar-refractivity contribution in [2.24, 2.45) is 4.99 Å². The summed E-state index contributed by atoms with van der Waals surface area (Å²) in [5, 5.41) is 11.1. The van der Waals surface area contributed by atoms with E-state index in [2.05, 4.69) is 10.3 Å². The number of hydrogen-bond acceptors (Lipinski definition) is 3. The third-order valence-corrected chi connectivity index (χ3v) is 0.813. The molecule has 0 radical (unpaired) electrons. The first kappa shape index (κ1) is 4.85. The van der Waals surface area contributed by atoms with E-state index in [4.69, 9.17) is 5.26 Å². The standard InChI is InChI=1S/C5H5N3/c6-3-5-4-7-1-2-8-5/h1,4,8H,2H2. The van der Waals surface area contributed by atoms with Crippen LogP contribution in [0.2, 0.25) is 0 Å². The minimum absolute atomic E-state index is 0.535. The van der Waals surface area contributed by atoms with Gasteiger partial charge in [-0.1, -0.05) is 0 Å². The summed E-state index contributed by atoms with van der Waals surface area (Å²) in [5.41, 5.74) is 0.535. The predicted molar refractivity (Wildman–Crippen MR) is 30.2 cm³/mol. The van der Waals surface area contributed by atoms with Gasteiger partial charge >= 0.3 is 0 Å². The van der Waals surface area contributed by atoms with Crippen molar-refractivity contribution in [3.8, 4) is 6.07 Å². The van der Waals surface area contributed by atoms with Gasteiger partial charge in [-0.2, -0.15) is 5.26 Å². The minimum atomic E-state index is 0.535. The molecule has 3 heteroatoms. The van der Waals surface area contributed by atoms with Crippen molar-refractivity contribution >= 4 is 6.21 Å². The van der Waals surface area contributed by atoms with Gasteiger partial charge in [0.25, 0.3) is 0 Å². The minimum Gasteiger partial charge on any atom is -0.370 e. The third-order valence-electron chi connectivity index (χ3n) is 0.813. The Bertz CT molecular complexity index is 173. The van der Waals surface area contributed by atoms with Crippen LogP contribution in [0.1, 0.15) is 0 Å². The molecule has 0 amide bonds. The van der Waals surface area contributed by atoms with Gasteiger partial charge in [0.2, 0.25) is 0 Å². The van der Waals surface area contributed by atoms with E-state index in [0.717, 1.165) is 0 Å². The molecule has 0 aromatic carbocycles. The van der Waals surface area contributed by atoms with Crippen LogP contribution in [0.15, 0.2) is 16.9 Å². The molecule has 1 heterocycles. The van der Waals surface area contributed by atoms with E-state index in [1.165, 1.54) is 6.20 Å². The summed E-state index contributed by atoms with van der Waals surface area (Å²) in [5.74, 6) is 0. The van der Waals surface area contributed by atoms with Crippen LogP contribution in [0, 0.1) is 11.3 Å². The van der Waals surface area contributed by atoms with Crippen LogP contribution in [0.25, 0.3) is 0 Å². The molecule has 0 aromatic rings. The number of nitriles is 1. The Morgan fingerprint density at radius 3 is 3.12 bits per heavy atom. The third kappa shape index (κ3) is 0.850. The largest absolute Gasteiger partial charge is 0.370 e. The highest BCUT2D eigenvalue weighted by Crippen LogP contribution is 1.88. The van der Waals surface area contributed by atoms with Gasteiger partial charge in [0.05, 0.1) is 12.7 Å². The molecule has 0 unspecified atom stereocenters. The molecular weight excluding hydrogens is 102 g/mol. The number of nitrogens with one attached hydrogen (secondary N) is 1. The molecule has 1 N–H and O–H groups in total. The van der Waals surface area contributed by atoms with Crippen molar-refractivity contribution in [3.63, 3.8) is 0 Å². The van der Waals surface area contributed by atoms with Gasteiger partial charge in [-0.15, -0.1) is 0 Å². The van der Waals surface area contributed by atoms with Gasteiger partial charge in [-0.3, -0.25) is 4.99 Å². The van der Waals surface area contributed by atoms with E-state index in [1.807, 2.05) is 6.07 Å². The average Bonchev–Trinajstić information content (AvgIpc) is 1.90. The van der Waals surface area contributed by atoms with Crippen LogP contribution in [-0.2, 0) is 0 Å². The van der Waals surface area contributed by atoms with Gasteiger partial charge in [0.15, 0.2) is 0 Å². The van der Waals surface area contributed by atoms with Gasteiger partial charge in [0.1, 0.15) is 11.8 Å². The molecular formula is C5H5N3. The first-order chi connectivity index (χ1) is 3.93. The lowest BCUT2D eigenvalue weighted by Crippen LogP contribution is -2.16. The highest BCUT2D eigenvalue weighted by atomic mass is 14.9. The Kier molecular flexibility index (Phi) is 1.29. The Balaban J connectivity index is 2.67. The second-order valence-electron chi connectivity index (χ2n) is 1.37. The molecule has 0 saturated carbocycles. The van der Waals surface area contributed by atoms with Crippen LogP contribution in [0.5, 0.6) is 0 Å². The van der Waals surface area contributed by atoms with E-state index in [0.29, 0.717) is 12.2 Å². The van der Waals surface area contributed by atoms with Crippen LogP contribution in [-0.4, -0.2) is 12.8 Å². The lowest BCUT2D eigenvalue weighted by molar-refractivity contribution is 0.952. The van der Waals surface area contributed by atoms with Gasteiger partial charge in [0, 0.05) is 6.21 Å². The van der Waals surface area contributed by atoms with E-state index in [-0.39, 0.29) is 0 Å². The maximum absolute atomic E-state index is 8.24. The monoisotopic (exact) mass is 107 g/mol. The molecule has 0 fully saturated rings. The van der Waals surface area contributed by atoms with Crippen molar-refractivity contribution in [1.29, 1.82) is 5.26 Å². The number of aliphatic imine (C=N–C) groups is 1. The molecule has 0 bridgehead atoms. The van der Waals surface area contributed by atoms with Crippen LogP contribution < -0.4 is 5.32 Å². The van der Waals surface area contributed by atoms with E-state index in [9.17, 15) is 0 Å². The number of hydrogen-bond donors (Lipinski definition) is 1. The van der Waals surface area contributed by atoms with Crippen LogP contribution in [0.3, 0.4) is 0 Å². The highest BCUT2D eigenvalue weighted by Gasteiger charge is 1.92. The second kappa shape index (κ2) is 2.12. The van der Waals surface area contributed by atoms with Gasteiger partial charge in [-0.25, -0.2) is 0 Å². The summed E-state index contributed by atoms with van der Waals surface area (Å²) in [4.78, 5) is 3.76. The number of allylic oxidation sites excluding steroid dienone is 1. The molecule has 0 aromatic heterocycles. The Labute approximate surface area is 47.3 Å². The zero-order valence-electron chi connectivity index (χ0n) is 4.26. The Morgan fingerprint density at radius 1 is 1.88 bits per heavy atom. The molecule has 0 spiro atoms. The summed E-state index contributed by atoms with van der Waals surface area (Å²) in [6, 6.07) is 1.94. The maximum Gasteiger partial charge on any atom is 0.132 e.